The summed E-state index contributed by atoms with van der Waals surface area (Å²) in [5, 5.41) is 7.39. The zero-order valence-corrected chi connectivity index (χ0v) is 14.6. The summed E-state index contributed by atoms with van der Waals surface area (Å²) in [5.74, 6) is 1.74. The number of carbonyl (C=O) groups excluding carboxylic acids is 1. The average Bonchev–Trinajstić information content (AvgIpc) is 3.28. The standard InChI is InChI=1S/C18H24N4O3/c1-3-25-12-16(23)22-9-14(11-24-2)15(10-22)18-19-17(20-21-18)13-7-5-4-6-8-13/h4-8,14-15H,3,9-12H2,1-2H3,(H,19,20,21)/t14-,15+/m0/s1. The normalized spacial score (nSPS) is 20.2. The molecule has 7 nitrogen and oxygen atoms in total. The van der Waals surface area contributed by atoms with Gasteiger partial charge >= 0.3 is 0 Å². The SMILES string of the molecule is CCOCC(=O)N1C[C@@H](COC)[C@H](c2nc(-c3ccccc3)n[nH]2)C1. The maximum absolute atomic E-state index is 12.3. The number of hydrogen-bond acceptors (Lipinski definition) is 5. The number of ether oxygens (including phenoxy) is 2. The van der Waals surface area contributed by atoms with Crippen LogP contribution in [0.25, 0.3) is 11.4 Å². The first-order valence-corrected chi connectivity index (χ1v) is 8.55. The van der Waals surface area contributed by atoms with Crippen molar-refractivity contribution in [2.24, 2.45) is 5.92 Å². The Morgan fingerprint density at radius 3 is 2.84 bits per heavy atom. The Balaban J connectivity index is 1.75. The molecule has 1 aromatic heterocycles. The van der Waals surface area contributed by atoms with E-state index in [1.165, 1.54) is 0 Å². The smallest absolute Gasteiger partial charge is 0.248 e. The second-order valence-electron chi connectivity index (χ2n) is 6.17. The fourth-order valence-corrected chi connectivity index (χ4v) is 3.20. The van der Waals surface area contributed by atoms with E-state index in [-0.39, 0.29) is 24.3 Å². The summed E-state index contributed by atoms with van der Waals surface area (Å²) in [6.07, 6.45) is 0. The van der Waals surface area contributed by atoms with E-state index in [1.54, 1.807) is 7.11 Å². The van der Waals surface area contributed by atoms with Crippen molar-refractivity contribution in [3.05, 3.63) is 36.2 Å². The summed E-state index contributed by atoms with van der Waals surface area (Å²) in [7, 11) is 1.68. The number of methoxy groups -OCH3 is 1. The molecule has 0 saturated carbocycles. The molecule has 1 amide bonds. The average molecular weight is 344 g/mol. The van der Waals surface area contributed by atoms with E-state index in [2.05, 4.69) is 15.2 Å². The van der Waals surface area contributed by atoms with Crippen LogP contribution in [0.1, 0.15) is 18.7 Å². The lowest BCUT2D eigenvalue weighted by Gasteiger charge is -2.15. The maximum Gasteiger partial charge on any atom is 0.248 e. The molecular formula is C18H24N4O3. The molecule has 2 atom stereocenters. The van der Waals surface area contributed by atoms with Gasteiger partial charge < -0.3 is 14.4 Å². The van der Waals surface area contributed by atoms with Gasteiger partial charge in [-0.15, -0.1) is 0 Å². The van der Waals surface area contributed by atoms with Gasteiger partial charge in [0, 0.05) is 44.2 Å². The van der Waals surface area contributed by atoms with Crippen LogP contribution in [0.3, 0.4) is 0 Å². The Morgan fingerprint density at radius 1 is 1.32 bits per heavy atom. The van der Waals surface area contributed by atoms with Gasteiger partial charge in [0.05, 0.1) is 6.61 Å². The lowest BCUT2D eigenvalue weighted by atomic mass is 9.96. The van der Waals surface area contributed by atoms with E-state index in [0.717, 1.165) is 11.4 Å². The highest BCUT2D eigenvalue weighted by Gasteiger charge is 2.38. The number of amides is 1. The highest BCUT2D eigenvalue weighted by Crippen LogP contribution is 2.32. The quantitative estimate of drug-likeness (QED) is 0.827. The first-order chi connectivity index (χ1) is 12.2. The van der Waals surface area contributed by atoms with Gasteiger partial charge in [0.25, 0.3) is 0 Å². The number of H-pyrrole nitrogens is 1. The predicted molar refractivity (Wildman–Crippen MR) is 93.0 cm³/mol. The maximum atomic E-state index is 12.3. The van der Waals surface area contributed by atoms with E-state index in [9.17, 15) is 4.79 Å². The van der Waals surface area contributed by atoms with Gasteiger partial charge in [0.2, 0.25) is 5.91 Å². The molecule has 0 spiro atoms. The molecule has 1 N–H and O–H groups in total. The van der Waals surface area contributed by atoms with Crippen molar-refractivity contribution in [1.29, 1.82) is 0 Å². The summed E-state index contributed by atoms with van der Waals surface area (Å²) in [6.45, 7) is 4.36. The zero-order valence-electron chi connectivity index (χ0n) is 14.6. The van der Waals surface area contributed by atoms with Crippen LogP contribution in [0.15, 0.2) is 30.3 Å². The lowest BCUT2D eigenvalue weighted by molar-refractivity contribution is -0.135. The Labute approximate surface area is 147 Å². The summed E-state index contributed by atoms with van der Waals surface area (Å²) in [6, 6.07) is 9.84. The van der Waals surface area contributed by atoms with Crippen LogP contribution >= 0.6 is 0 Å². The molecule has 1 aliphatic heterocycles. The van der Waals surface area contributed by atoms with Gasteiger partial charge in [-0.1, -0.05) is 30.3 Å². The number of carbonyl (C=O) groups is 1. The molecule has 2 heterocycles. The van der Waals surface area contributed by atoms with Gasteiger partial charge in [0.1, 0.15) is 12.4 Å². The number of nitrogens with zero attached hydrogens (tertiary/aromatic N) is 3. The first kappa shape index (κ1) is 17.6. The molecular weight excluding hydrogens is 320 g/mol. The Morgan fingerprint density at radius 2 is 2.12 bits per heavy atom. The largest absolute Gasteiger partial charge is 0.384 e. The molecule has 1 fully saturated rings. The number of hydrogen-bond donors (Lipinski definition) is 1. The monoisotopic (exact) mass is 344 g/mol. The third-order valence-electron chi connectivity index (χ3n) is 4.49. The van der Waals surface area contributed by atoms with Crippen molar-refractivity contribution in [2.75, 3.05) is 40.0 Å². The number of aromatic amines is 1. The van der Waals surface area contributed by atoms with Crippen molar-refractivity contribution in [1.82, 2.24) is 20.1 Å². The van der Waals surface area contributed by atoms with Crippen molar-refractivity contribution in [3.63, 3.8) is 0 Å². The predicted octanol–water partition coefficient (Wildman–Crippen LogP) is 1.70. The van der Waals surface area contributed by atoms with E-state index >= 15 is 0 Å². The van der Waals surface area contributed by atoms with Crippen LogP contribution in [0.5, 0.6) is 0 Å². The van der Waals surface area contributed by atoms with Crippen LogP contribution in [0, 0.1) is 5.92 Å². The molecule has 0 unspecified atom stereocenters. The van der Waals surface area contributed by atoms with Crippen molar-refractivity contribution < 1.29 is 14.3 Å². The molecule has 134 valence electrons. The molecule has 3 rings (SSSR count). The highest BCUT2D eigenvalue weighted by atomic mass is 16.5. The summed E-state index contributed by atoms with van der Waals surface area (Å²) in [4.78, 5) is 18.8. The first-order valence-electron chi connectivity index (χ1n) is 8.55. The van der Waals surface area contributed by atoms with Gasteiger partial charge in [-0.2, -0.15) is 5.10 Å². The molecule has 1 aliphatic rings. The van der Waals surface area contributed by atoms with Crippen molar-refractivity contribution >= 4 is 5.91 Å². The molecule has 7 heteroatoms. The topological polar surface area (TPSA) is 80.3 Å². The summed E-state index contributed by atoms with van der Waals surface area (Å²) in [5.41, 5.74) is 0.968. The van der Waals surface area contributed by atoms with E-state index in [4.69, 9.17) is 9.47 Å². The number of nitrogens with one attached hydrogen (secondary N) is 1. The summed E-state index contributed by atoms with van der Waals surface area (Å²) < 4.78 is 10.6. The van der Waals surface area contributed by atoms with Gasteiger partial charge in [-0.25, -0.2) is 4.98 Å². The van der Waals surface area contributed by atoms with E-state index in [1.807, 2.05) is 42.2 Å². The molecule has 0 aliphatic carbocycles. The molecule has 25 heavy (non-hydrogen) atoms. The number of aromatic nitrogens is 3. The van der Waals surface area contributed by atoms with E-state index < -0.39 is 0 Å². The molecule has 0 radical (unpaired) electrons. The number of rotatable bonds is 7. The second-order valence-corrected chi connectivity index (χ2v) is 6.17. The van der Waals surface area contributed by atoms with E-state index in [0.29, 0.717) is 32.1 Å². The van der Waals surface area contributed by atoms with Gasteiger partial charge in [0.15, 0.2) is 5.82 Å². The third-order valence-corrected chi connectivity index (χ3v) is 4.49. The minimum Gasteiger partial charge on any atom is -0.384 e. The Hall–Kier alpha value is -2.25. The number of benzene rings is 1. The molecule has 2 aromatic rings. The second kappa shape index (κ2) is 8.22. The van der Waals surface area contributed by atoms with Gasteiger partial charge in [-0.05, 0) is 6.92 Å². The highest BCUT2D eigenvalue weighted by molar-refractivity contribution is 5.78. The third kappa shape index (κ3) is 4.05. The van der Waals surface area contributed by atoms with Crippen LogP contribution < -0.4 is 0 Å². The van der Waals surface area contributed by atoms with Gasteiger partial charge in [-0.3, -0.25) is 9.89 Å². The van der Waals surface area contributed by atoms with Crippen molar-refractivity contribution in [2.45, 2.75) is 12.8 Å². The van der Waals surface area contributed by atoms with Crippen LogP contribution in [0.4, 0.5) is 0 Å². The zero-order chi connectivity index (χ0) is 17.6. The van der Waals surface area contributed by atoms with Crippen molar-refractivity contribution in [3.8, 4) is 11.4 Å². The van der Waals surface area contributed by atoms with Crippen LogP contribution in [0.2, 0.25) is 0 Å². The molecule has 1 saturated heterocycles. The number of likely N-dealkylation sites (tertiary alicyclic amines) is 1. The molecule has 0 bridgehead atoms. The van der Waals surface area contributed by atoms with Crippen LogP contribution in [-0.4, -0.2) is 66.0 Å². The summed E-state index contributed by atoms with van der Waals surface area (Å²) >= 11 is 0. The fraction of sp³-hybridized carbons (Fsp3) is 0.500. The lowest BCUT2D eigenvalue weighted by Crippen LogP contribution is -2.32. The minimum absolute atomic E-state index is 0.00764. The minimum atomic E-state index is 0.00764. The Kier molecular flexibility index (Phi) is 5.78. The van der Waals surface area contributed by atoms with Crippen LogP contribution in [-0.2, 0) is 14.3 Å². The Bertz CT molecular complexity index is 689. The molecule has 1 aromatic carbocycles. The fourth-order valence-electron chi connectivity index (χ4n) is 3.20.